The van der Waals surface area contributed by atoms with Gasteiger partial charge in [0, 0.05) is 25.8 Å². The van der Waals surface area contributed by atoms with Crippen molar-refractivity contribution in [3.05, 3.63) is 78.1 Å². The molecule has 0 N–H and O–H groups in total. The highest BCUT2D eigenvalue weighted by atomic mass is 16.5. The second-order valence-corrected chi connectivity index (χ2v) is 5.77. The van der Waals surface area contributed by atoms with Gasteiger partial charge < -0.3 is 14.2 Å². The third-order valence-corrected chi connectivity index (χ3v) is 3.96. The lowest BCUT2D eigenvalue weighted by molar-refractivity contribution is -0.141. The second kappa shape index (κ2) is 7.77. The molecule has 0 unspecified atom stereocenters. The van der Waals surface area contributed by atoms with Crippen LogP contribution in [0.1, 0.15) is 17.4 Å². The summed E-state index contributed by atoms with van der Waals surface area (Å²) in [5.74, 6) is 0.490. The zero-order chi connectivity index (χ0) is 17.6. The number of benzene rings is 2. The molecule has 0 bridgehead atoms. The minimum atomic E-state index is -0.636. The van der Waals surface area contributed by atoms with Crippen molar-refractivity contribution in [3.8, 4) is 11.3 Å². The highest BCUT2D eigenvalue weighted by Crippen LogP contribution is 2.22. The van der Waals surface area contributed by atoms with E-state index in [4.69, 9.17) is 9.26 Å². The molecule has 1 amide bonds. The first-order valence-corrected chi connectivity index (χ1v) is 8.03. The zero-order valence-electron chi connectivity index (χ0n) is 14.3. The molecular weight excluding hydrogens is 316 g/mol. The van der Waals surface area contributed by atoms with Gasteiger partial charge in [-0.05, 0) is 5.56 Å². The van der Waals surface area contributed by atoms with E-state index in [1.807, 2.05) is 66.7 Å². The van der Waals surface area contributed by atoms with E-state index in [9.17, 15) is 4.79 Å². The smallest absolute Gasteiger partial charge is 0.256 e. The molecule has 1 atom stereocenters. The Morgan fingerprint density at radius 3 is 2.40 bits per heavy atom. The number of rotatable bonds is 6. The molecule has 3 rings (SSSR count). The summed E-state index contributed by atoms with van der Waals surface area (Å²) in [4.78, 5) is 14.3. The number of nitrogens with zero attached hydrogens (tertiary/aromatic N) is 2. The van der Waals surface area contributed by atoms with E-state index in [1.165, 1.54) is 7.11 Å². The molecule has 0 aliphatic carbocycles. The fourth-order valence-corrected chi connectivity index (χ4v) is 2.65. The third-order valence-electron chi connectivity index (χ3n) is 3.96. The van der Waals surface area contributed by atoms with E-state index in [0.29, 0.717) is 12.3 Å². The van der Waals surface area contributed by atoms with Crippen molar-refractivity contribution >= 4 is 5.91 Å². The van der Waals surface area contributed by atoms with Crippen molar-refractivity contribution in [1.29, 1.82) is 0 Å². The van der Waals surface area contributed by atoms with Crippen LogP contribution in [0.3, 0.4) is 0 Å². The van der Waals surface area contributed by atoms with E-state index >= 15 is 0 Å². The minimum Gasteiger partial charge on any atom is -0.367 e. The predicted molar refractivity (Wildman–Crippen MR) is 94.6 cm³/mol. The Hall–Kier alpha value is -2.92. The van der Waals surface area contributed by atoms with Crippen molar-refractivity contribution < 1.29 is 14.1 Å². The molecule has 1 heterocycles. The number of hydrogen-bond acceptors (Lipinski definition) is 4. The molecule has 2 aromatic carbocycles. The fourth-order valence-electron chi connectivity index (χ4n) is 2.65. The summed E-state index contributed by atoms with van der Waals surface area (Å²) in [5.41, 5.74) is 2.55. The number of hydrogen-bond donors (Lipinski definition) is 0. The summed E-state index contributed by atoms with van der Waals surface area (Å²) >= 11 is 0. The maximum Gasteiger partial charge on any atom is 0.256 e. The first kappa shape index (κ1) is 16.9. The van der Waals surface area contributed by atoms with E-state index in [1.54, 1.807) is 11.9 Å². The molecular formula is C20H20N2O3. The van der Waals surface area contributed by atoms with Gasteiger partial charge in [0.2, 0.25) is 0 Å². The van der Waals surface area contributed by atoms with Crippen molar-refractivity contribution in [2.75, 3.05) is 14.2 Å². The highest BCUT2D eigenvalue weighted by molar-refractivity contribution is 5.82. The molecule has 0 spiro atoms. The summed E-state index contributed by atoms with van der Waals surface area (Å²) in [5, 5.41) is 4.08. The minimum absolute atomic E-state index is 0.133. The number of ether oxygens (including phenoxy) is 1. The number of methoxy groups -OCH3 is 1. The van der Waals surface area contributed by atoms with E-state index in [0.717, 1.165) is 16.8 Å². The Labute approximate surface area is 146 Å². The topological polar surface area (TPSA) is 55.6 Å². The first-order chi connectivity index (χ1) is 12.2. The van der Waals surface area contributed by atoms with Gasteiger partial charge in [-0.3, -0.25) is 4.79 Å². The van der Waals surface area contributed by atoms with Gasteiger partial charge in [0.05, 0.1) is 6.54 Å². The normalized spacial score (nSPS) is 11.9. The summed E-state index contributed by atoms with van der Waals surface area (Å²) in [6, 6.07) is 21.1. The molecule has 1 aromatic heterocycles. The van der Waals surface area contributed by atoms with Gasteiger partial charge in [0.15, 0.2) is 11.9 Å². The molecule has 5 nitrogen and oxygen atoms in total. The number of carbonyl (C=O) groups excluding carboxylic acids is 1. The maximum absolute atomic E-state index is 12.7. The Kier molecular flexibility index (Phi) is 5.26. The van der Waals surface area contributed by atoms with Crippen LogP contribution >= 0.6 is 0 Å². The third kappa shape index (κ3) is 3.95. The summed E-state index contributed by atoms with van der Waals surface area (Å²) in [6.45, 7) is 0.325. The van der Waals surface area contributed by atoms with Gasteiger partial charge in [0.25, 0.3) is 5.91 Å². The van der Waals surface area contributed by atoms with Gasteiger partial charge in [0.1, 0.15) is 5.69 Å². The Bertz CT molecular complexity index is 815. The van der Waals surface area contributed by atoms with Gasteiger partial charge in [-0.1, -0.05) is 65.8 Å². The van der Waals surface area contributed by atoms with Crippen LogP contribution in [0, 0.1) is 0 Å². The first-order valence-electron chi connectivity index (χ1n) is 8.03. The monoisotopic (exact) mass is 336 g/mol. The van der Waals surface area contributed by atoms with E-state index < -0.39 is 6.10 Å². The lowest BCUT2D eigenvalue weighted by atomic mass is 10.1. The Balaban J connectivity index is 1.70. The number of aromatic nitrogens is 1. The molecule has 25 heavy (non-hydrogen) atoms. The quantitative estimate of drug-likeness (QED) is 0.689. The van der Waals surface area contributed by atoms with Gasteiger partial charge in [-0.15, -0.1) is 0 Å². The summed E-state index contributed by atoms with van der Waals surface area (Å²) in [7, 11) is 3.26. The largest absolute Gasteiger partial charge is 0.367 e. The van der Waals surface area contributed by atoms with Gasteiger partial charge in [-0.2, -0.15) is 0 Å². The van der Waals surface area contributed by atoms with Crippen LogP contribution in [0.25, 0.3) is 11.3 Å². The molecule has 0 saturated carbocycles. The molecule has 0 aliphatic rings. The van der Waals surface area contributed by atoms with Crippen molar-refractivity contribution in [3.63, 3.8) is 0 Å². The Morgan fingerprint density at radius 2 is 1.76 bits per heavy atom. The van der Waals surface area contributed by atoms with Gasteiger partial charge >= 0.3 is 0 Å². The van der Waals surface area contributed by atoms with Crippen LogP contribution in [-0.2, 0) is 16.1 Å². The van der Waals surface area contributed by atoms with Crippen LogP contribution in [0.5, 0.6) is 0 Å². The van der Waals surface area contributed by atoms with Crippen molar-refractivity contribution in [2.45, 2.75) is 12.6 Å². The zero-order valence-corrected chi connectivity index (χ0v) is 14.3. The predicted octanol–water partition coefficient (Wildman–Crippen LogP) is 3.69. The van der Waals surface area contributed by atoms with Crippen LogP contribution < -0.4 is 0 Å². The Morgan fingerprint density at radius 1 is 1.12 bits per heavy atom. The highest BCUT2D eigenvalue weighted by Gasteiger charge is 2.24. The van der Waals surface area contributed by atoms with E-state index in [-0.39, 0.29) is 5.91 Å². The number of likely N-dealkylation sites (N-methyl/N-ethyl adjacent to an activating group) is 1. The van der Waals surface area contributed by atoms with E-state index in [2.05, 4.69) is 5.16 Å². The average Bonchev–Trinajstić information content (AvgIpc) is 3.12. The molecule has 0 aliphatic heterocycles. The van der Waals surface area contributed by atoms with Crippen molar-refractivity contribution in [2.24, 2.45) is 0 Å². The van der Waals surface area contributed by atoms with Crippen LogP contribution in [0.15, 0.2) is 71.3 Å². The number of amides is 1. The standard InChI is InChI=1S/C20H20N2O3/c1-22(20(23)19(24-2)16-11-7-4-8-12-16)14-17-13-18(21-25-17)15-9-5-3-6-10-15/h3-13,19H,14H2,1-2H3/t19-/m0/s1. The summed E-state index contributed by atoms with van der Waals surface area (Å²) < 4.78 is 10.8. The van der Waals surface area contributed by atoms with Crippen LogP contribution in [0.4, 0.5) is 0 Å². The fraction of sp³-hybridized carbons (Fsp3) is 0.200. The van der Waals surface area contributed by atoms with Crippen LogP contribution in [0.2, 0.25) is 0 Å². The van der Waals surface area contributed by atoms with Crippen molar-refractivity contribution in [1.82, 2.24) is 10.1 Å². The molecule has 128 valence electrons. The summed E-state index contributed by atoms with van der Waals surface area (Å²) in [6.07, 6.45) is -0.636. The van der Waals surface area contributed by atoms with Gasteiger partial charge in [-0.25, -0.2) is 0 Å². The molecule has 0 fully saturated rings. The average molecular weight is 336 g/mol. The molecule has 0 saturated heterocycles. The lowest BCUT2D eigenvalue weighted by Crippen LogP contribution is -2.32. The SMILES string of the molecule is CO[C@H](C(=O)N(C)Cc1cc(-c2ccccc2)no1)c1ccccc1. The molecule has 0 radical (unpaired) electrons. The number of carbonyl (C=O) groups is 1. The molecule has 3 aromatic rings. The maximum atomic E-state index is 12.7. The van der Waals surface area contributed by atoms with Crippen LogP contribution in [-0.4, -0.2) is 30.1 Å². The second-order valence-electron chi connectivity index (χ2n) is 5.77. The lowest BCUT2D eigenvalue weighted by Gasteiger charge is -2.22. The molecule has 5 heteroatoms.